The SMILES string of the molecule is Nc1cc(-c2c[c]ncc2)ccn1. The van der Waals surface area contributed by atoms with Crippen LogP contribution in [0, 0.1) is 6.20 Å². The van der Waals surface area contributed by atoms with Crippen molar-refractivity contribution < 1.29 is 0 Å². The average Bonchev–Trinajstić information content (AvgIpc) is 2.19. The zero-order valence-electron chi connectivity index (χ0n) is 6.94. The van der Waals surface area contributed by atoms with Crippen LogP contribution in [0.25, 0.3) is 11.1 Å². The molecule has 13 heavy (non-hydrogen) atoms. The van der Waals surface area contributed by atoms with Crippen molar-refractivity contribution in [3.63, 3.8) is 0 Å². The van der Waals surface area contributed by atoms with E-state index in [4.69, 9.17) is 5.73 Å². The molecule has 0 amide bonds. The maximum Gasteiger partial charge on any atom is 0.123 e. The van der Waals surface area contributed by atoms with E-state index in [2.05, 4.69) is 16.2 Å². The van der Waals surface area contributed by atoms with Crippen LogP contribution < -0.4 is 5.73 Å². The molecule has 1 radical (unpaired) electrons. The van der Waals surface area contributed by atoms with Crippen LogP contribution >= 0.6 is 0 Å². The van der Waals surface area contributed by atoms with Crippen molar-refractivity contribution in [2.24, 2.45) is 0 Å². The van der Waals surface area contributed by atoms with E-state index in [-0.39, 0.29) is 0 Å². The molecule has 3 nitrogen and oxygen atoms in total. The molecule has 0 spiro atoms. The van der Waals surface area contributed by atoms with Crippen LogP contribution in [0.4, 0.5) is 5.82 Å². The summed E-state index contributed by atoms with van der Waals surface area (Å²) in [6.45, 7) is 0. The van der Waals surface area contributed by atoms with Crippen molar-refractivity contribution in [3.05, 3.63) is 42.9 Å². The van der Waals surface area contributed by atoms with Crippen LogP contribution in [-0.2, 0) is 0 Å². The highest BCUT2D eigenvalue weighted by Crippen LogP contribution is 2.18. The van der Waals surface area contributed by atoms with Crippen molar-refractivity contribution >= 4 is 5.82 Å². The maximum atomic E-state index is 5.56. The van der Waals surface area contributed by atoms with Gasteiger partial charge in [0.15, 0.2) is 0 Å². The summed E-state index contributed by atoms with van der Waals surface area (Å²) in [4.78, 5) is 7.74. The normalized spacial score (nSPS) is 9.85. The van der Waals surface area contributed by atoms with Crippen molar-refractivity contribution in [2.45, 2.75) is 0 Å². The molecule has 3 heteroatoms. The van der Waals surface area contributed by atoms with Gasteiger partial charge in [-0.3, -0.25) is 4.98 Å². The monoisotopic (exact) mass is 170 g/mol. The van der Waals surface area contributed by atoms with Gasteiger partial charge in [-0.15, -0.1) is 0 Å². The lowest BCUT2D eigenvalue weighted by atomic mass is 10.1. The molecule has 0 unspecified atom stereocenters. The number of nitrogens with zero attached hydrogens (tertiary/aromatic N) is 2. The summed E-state index contributed by atoms with van der Waals surface area (Å²) in [6.07, 6.45) is 6.15. The summed E-state index contributed by atoms with van der Waals surface area (Å²) < 4.78 is 0. The van der Waals surface area contributed by atoms with Gasteiger partial charge in [0.1, 0.15) is 5.82 Å². The Morgan fingerprint density at radius 1 is 1.15 bits per heavy atom. The lowest BCUT2D eigenvalue weighted by molar-refractivity contribution is 1.30. The van der Waals surface area contributed by atoms with E-state index in [1.807, 2.05) is 24.3 Å². The summed E-state index contributed by atoms with van der Waals surface area (Å²) in [5.41, 5.74) is 7.64. The van der Waals surface area contributed by atoms with E-state index in [1.165, 1.54) is 0 Å². The molecule has 0 aliphatic rings. The predicted octanol–water partition coefficient (Wildman–Crippen LogP) is 1.53. The van der Waals surface area contributed by atoms with Gasteiger partial charge in [-0.1, -0.05) is 0 Å². The summed E-state index contributed by atoms with van der Waals surface area (Å²) in [7, 11) is 0. The van der Waals surface area contributed by atoms with Gasteiger partial charge >= 0.3 is 0 Å². The summed E-state index contributed by atoms with van der Waals surface area (Å²) in [5, 5.41) is 0. The first-order valence-corrected chi connectivity index (χ1v) is 3.90. The van der Waals surface area contributed by atoms with Gasteiger partial charge in [0.2, 0.25) is 0 Å². The Hall–Kier alpha value is -1.90. The topological polar surface area (TPSA) is 51.8 Å². The molecule has 0 aromatic carbocycles. The first-order valence-electron chi connectivity index (χ1n) is 3.90. The van der Waals surface area contributed by atoms with Crippen LogP contribution in [0.5, 0.6) is 0 Å². The minimum absolute atomic E-state index is 0.523. The smallest absolute Gasteiger partial charge is 0.123 e. The standard InChI is InChI=1S/C10H8N3/c11-10-7-9(3-6-13-10)8-1-4-12-5-2-8/h1-4,6-7H,(H2,11,13). The molecule has 2 rings (SSSR count). The van der Waals surface area contributed by atoms with Gasteiger partial charge in [-0.2, -0.15) is 0 Å². The summed E-state index contributed by atoms with van der Waals surface area (Å²) >= 11 is 0. The Bertz CT molecular complexity index is 398. The second-order valence-corrected chi connectivity index (χ2v) is 2.64. The molecule has 0 saturated heterocycles. The molecule has 0 fully saturated rings. The zero-order valence-corrected chi connectivity index (χ0v) is 6.94. The van der Waals surface area contributed by atoms with Crippen LogP contribution in [0.1, 0.15) is 0 Å². The minimum Gasteiger partial charge on any atom is -0.384 e. The molecule has 2 aromatic heterocycles. The summed E-state index contributed by atoms with van der Waals surface area (Å²) in [5.74, 6) is 0.523. The molecule has 0 bridgehead atoms. The Balaban J connectivity index is 2.48. The molecule has 0 saturated carbocycles. The Morgan fingerprint density at radius 3 is 2.69 bits per heavy atom. The number of hydrogen-bond acceptors (Lipinski definition) is 3. The Kier molecular flexibility index (Phi) is 1.92. The van der Waals surface area contributed by atoms with Crippen LogP contribution in [-0.4, -0.2) is 9.97 Å². The second kappa shape index (κ2) is 3.23. The van der Waals surface area contributed by atoms with E-state index in [1.54, 1.807) is 12.4 Å². The van der Waals surface area contributed by atoms with Crippen molar-refractivity contribution in [1.82, 2.24) is 9.97 Å². The number of anilines is 1. The fourth-order valence-electron chi connectivity index (χ4n) is 1.12. The molecule has 0 aliphatic heterocycles. The molecular weight excluding hydrogens is 162 g/mol. The Labute approximate surface area is 76.3 Å². The number of hydrogen-bond donors (Lipinski definition) is 1. The lowest BCUT2D eigenvalue weighted by Gasteiger charge is -2.00. The maximum absolute atomic E-state index is 5.56. The van der Waals surface area contributed by atoms with E-state index in [0.29, 0.717) is 5.82 Å². The number of aromatic nitrogens is 2. The number of nitrogen functional groups attached to an aromatic ring is 1. The van der Waals surface area contributed by atoms with Crippen molar-refractivity contribution in [1.29, 1.82) is 0 Å². The third kappa shape index (κ3) is 1.64. The third-order valence-corrected chi connectivity index (χ3v) is 1.74. The molecular formula is C10H8N3. The Morgan fingerprint density at radius 2 is 2.00 bits per heavy atom. The van der Waals surface area contributed by atoms with Crippen molar-refractivity contribution in [2.75, 3.05) is 5.73 Å². The molecule has 2 aromatic rings. The highest BCUT2D eigenvalue weighted by molar-refractivity contribution is 5.64. The van der Waals surface area contributed by atoms with Gasteiger partial charge < -0.3 is 5.73 Å². The van der Waals surface area contributed by atoms with Crippen LogP contribution in [0.3, 0.4) is 0 Å². The van der Waals surface area contributed by atoms with Gasteiger partial charge in [0, 0.05) is 12.4 Å². The van der Waals surface area contributed by atoms with Gasteiger partial charge in [-0.25, -0.2) is 4.98 Å². The highest BCUT2D eigenvalue weighted by Gasteiger charge is 1.96. The van der Waals surface area contributed by atoms with Crippen LogP contribution in [0.2, 0.25) is 0 Å². The fourth-order valence-corrected chi connectivity index (χ4v) is 1.12. The molecule has 0 aliphatic carbocycles. The fraction of sp³-hybridized carbons (Fsp3) is 0. The minimum atomic E-state index is 0.523. The molecule has 2 N–H and O–H groups in total. The molecule has 0 atom stereocenters. The highest BCUT2D eigenvalue weighted by atomic mass is 14.8. The molecule has 63 valence electrons. The van der Waals surface area contributed by atoms with Gasteiger partial charge in [-0.05, 0) is 35.4 Å². The summed E-state index contributed by atoms with van der Waals surface area (Å²) in [6, 6.07) is 7.45. The van der Waals surface area contributed by atoms with E-state index in [0.717, 1.165) is 11.1 Å². The number of rotatable bonds is 1. The van der Waals surface area contributed by atoms with E-state index in [9.17, 15) is 0 Å². The molecule has 2 heterocycles. The first kappa shape index (κ1) is 7.73. The van der Waals surface area contributed by atoms with Crippen LogP contribution in [0.15, 0.2) is 36.7 Å². The predicted molar refractivity (Wildman–Crippen MR) is 50.7 cm³/mol. The van der Waals surface area contributed by atoms with Crippen molar-refractivity contribution in [3.8, 4) is 11.1 Å². The van der Waals surface area contributed by atoms with E-state index < -0.39 is 0 Å². The first-order chi connectivity index (χ1) is 6.36. The van der Waals surface area contributed by atoms with Gasteiger partial charge in [0.05, 0.1) is 6.20 Å². The second-order valence-electron chi connectivity index (χ2n) is 2.64. The quantitative estimate of drug-likeness (QED) is 0.706. The zero-order chi connectivity index (χ0) is 9.10. The van der Waals surface area contributed by atoms with E-state index >= 15 is 0 Å². The third-order valence-electron chi connectivity index (χ3n) is 1.74. The number of nitrogens with two attached hydrogens (primary N) is 1. The lowest BCUT2D eigenvalue weighted by Crippen LogP contribution is -1.89. The largest absolute Gasteiger partial charge is 0.384 e. The average molecular weight is 170 g/mol. The van der Waals surface area contributed by atoms with Gasteiger partial charge in [0.25, 0.3) is 0 Å². The number of pyridine rings is 2.